The van der Waals surface area contributed by atoms with Gasteiger partial charge < -0.3 is 10.6 Å². The molecule has 1 rings (SSSR count). The highest BCUT2D eigenvalue weighted by molar-refractivity contribution is 4.93. The van der Waals surface area contributed by atoms with E-state index in [2.05, 4.69) is 92.0 Å². The first-order valence-electron chi connectivity index (χ1n) is 22.0. The lowest BCUT2D eigenvalue weighted by atomic mass is 9.99. The first-order chi connectivity index (χ1) is 24.2. The Balaban J connectivity index is 2.15. The molecule has 0 aromatic carbocycles. The Morgan fingerprint density at radius 2 is 0.980 bits per heavy atom. The van der Waals surface area contributed by atoms with Crippen LogP contribution < -0.4 is 10.6 Å². The van der Waals surface area contributed by atoms with Crippen molar-refractivity contribution in [3.63, 3.8) is 0 Å². The fraction of sp³-hybridized carbons (Fsp3) is 0.826. The Morgan fingerprint density at radius 3 is 1.41 bits per heavy atom. The normalized spacial score (nSPS) is 17.5. The first-order valence-corrected chi connectivity index (χ1v) is 22.0. The average molecular weight is 682 g/mol. The molecule has 1 aliphatic heterocycles. The van der Waals surface area contributed by atoms with Crippen LogP contribution in [0.2, 0.25) is 0 Å². The molecule has 0 saturated carbocycles. The van der Waals surface area contributed by atoms with Gasteiger partial charge in [0.1, 0.15) is 0 Å². The highest BCUT2D eigenvalue weighted by Crippen LogP contribution is 2.18. The van der Waals surface area contributed by atoms with E-state index in [0.717, 1.165) is 25.6 Å². The second kappa shape index (κ2) is 36.6. The summed E-state index contributed by atoms with van der Waals surface area (Å²) in [4.78, 5) is 2.50. The van der Waals surface area contributed by atoms with Crippen molar-refractivity contribution in [3.05, 3.63) is 48.6 Å². The van der Waals surface area contributed by atoms with Crippen LogP contribution in [0.3, 0.4) is 0 Å². The molecule has 286 valence electrons. The summed E-state index contributed by atoms with van der Waals surface area (Å²) in [6, 6.07) is 2.08. The molecule has 1 saturated heterocycles. The Kier molecular flexibility index (Phi) is 34.3. The van der Waals surface area contributed by atoms with Crippen molar-refractivity contribution in [1.82, 2.24) is 15.5 Å². The maximum atomic E-state index is 4.02. The van der Waals surface area contributed by atoms with Gasteiger partial charge in [0.2, 0.25) is 0 Å². The third-order valence-electron chi connectivity index (χ3n) is 10.7. The number of allylic oxidation sites excluding steroid dienone is 8. The summed E-state index contributed by atoms with van der Waals surface area (Å²) in [6.45, 7) is 9.15. The molecular formula is C46H87N3. The predicted octanol–water partition coefficient (Wildman–Crippen LogP) is 13.8. The summed E-state index contributed by atoms with van der Waals surface area (Å²) in [5, 5.41) is 7.62. The van der Waals surface area contributed by atoms with Gasteiger partial charge in [-0.3, -0.25) is 4.90 Å². The molecule has 0 aromatic heterocycles. The summed E-state index contributed by atoms with van der Waals surface area (Å²) in [5.74, 6) is 0. The van der Waals surface area contributed by atoms with Gasteiger partial charge in [-0.2, -0.15) is 0 Å². The van der Waals surface area contributed by atoms with Gasteiger partial charge in [0, 0.05) is 24.8 Å². The van der Waals surface area contributed by atoms with Gasteiger partial charge in [-0.15, -0.1) is 0 Å². The van der Waals surface area contributed by atoms with Crippen LogP contribution in [0.4, 0.5) is 0 Å². The SMILES string of the molecule is CCCCC/C=C\C/C=C\CCCCCCCCC(CCCCCCCC/C=C\C/C=C\CCCCC)NCCCCC1C(C)NCN1C. The molecule has 0 amide bonds. The number of nitrogens with zero attached hydrogens (tertiary/aromatic N) is 1. The molecule has 1 fully saturated rings. The quantitative estimate of drug-likeness (QED) is 0.0509. The van der Waals surface area contributed by atoms with E-state index in [9.17, 15) is 0 Å². The molecule has 2 N–H and O–H groups in total. The molecule has 3 nitrogen and oxygen atoms in total. The third-order valence-corrected chi connectivity index (χ3v) is 10.7. The van der Waals surface area contributed by atoms with Crippen molar-refractivity contribution in [2.75, 3.05) is 20.3 Å². The molecule has 2 atom stereocenters. The van der Waals surface area contributed by atoms with E-state index in [4.69, 9.17) is 0 Å². The average Bonchev–Trinajstić information content (AvgIpc) is 3.43. The minimum Gasteiger partial charge on any atom is -0.314 e. The van der Waals surface area contributed by atoms with E-state index in [-0.39, 0.29) is 0 Å². The Morgan fingerprint density at radius 1 is 0.551 bits per heavy atom. The summed E-state index contributed by atoms with van der Waals surface area (Å²) in [6.07, 6.45) is 57.9. The van der Waals surface area contributed by atoms with Crippen LogP contribution in [-0.2, 0) is 0 Å². The molecule has 1 aliphatic rings. The van der Waals surface area contributed by atoms with Gasteiger partial charge in [0.25, 0.3) is 0 Å². The zero-order chi connectivity index (χ0) is 35.3. The van der Waals surface area contributed by atoms with Gasteiger partial charge in [-0.05, 0) is 110 Å². The predicted molar refractivity (Wildman–Crippen MR) is 223 cm³/mol. The standard InChI is InChI=1S/C46H87N3/c1-5-7-9-11-13-15-17-19-21-23-25-27-29-31-33-35-39-45(47-42-38-37-41-46-44(3)48-43-49(46)4)40-36-34-32-30-28-26-24-22-20-18-16-14-12-10-8-6-2/h13-16,19-22,44-48H,5-12,17-18,23-43H2,1-4H3/b15-13-,16-14-,21-19-,22-20-. The first kappa shape index (κ1) is 45.9. The Bertz CT molecular complexity index is 725. The fourth-order valence-electron chi connectivity index (χ4n) is 7.28. The highest BCUT2D eigenvalue weighted by atomic mass is 15.3. The van der Waals surface area contributed by atoms with E-state index in [1.165, 1.54) is 180 Å². The maximum Gasteiger partial charge on any atom is 0.0483 e. The number of unbranched alkanes of at least 4 members (excludes halogenated alkanes) is 19. The van der Waals surface area contributed by atoms with Gasteiger partial charge in [-0.1, -0.05) is 159 Å². The van der Waals surface area contributed by atoms with Crippen LogP contribution in [0.15, 0.2) is 48.6 Å². The number of hydrogen-bond donors (Lipinski definition) is 2. The van der Waals surface area contributed by atoms with Crippen molar-refractivity contribution in [2.45, 2.75) is 225 Å². The second-order valence-corrected chi connectivity index (χ2v) is 15.4. The third kappa shape index (κ3) is 30.2. The van der Waals surface area contributed by atoms with Gasteiger partial charge >= 0.3 is 0 Å². The molecule has 1 heterocycles. The van der Waals surface area contributed by atoms with Crippen molar-refractivity contribution in [2.24, 2.45) is 0 Å². The summed E-state index contributed by atoms with van der Waals surface area (Å²) >= 11 is 0. The van der Waals surface area contributed by atoms with E-state index < -0.39 is 0 Å². The monoisotopic (exact) mass is 682 g/mol. The van der Waals surface area contributed by atoms with E-state index in [1.54, 1.807) is 0 Å². The van der Waals surface area contributed by atoms with Crippen LogP contribution in [0, 0.1) is 0 Å². The van der Waals surface area contributed by atoms with Crippen molar-refractivity contribution < 1.29 is 0 Å². The molecule has 0 bridgehead atoms. The molecule has 0 spiro atoms. The minimum absolute atomic E-state index is 0.637. The molecule has 3 heteroatoms. The van der Waals surface area contributed by atoms with Crippen LogP contribution in [0.5, 0.6) is 0 Å². The van der Waals surface area contributed by atoms with Crippen molar-refractivity contribution >= 4 is 0 Å². The number of hydrogen-bond acceptors (Lipinski definition) is 3. The molecule has 2 unspecified atom stereocenters. The van der Waals surface area contributed by atoms with E-state index in [0.29, 0.717) is 12.1 Å². The zero-order valence-electron chi connectivity index (χ0n) is 33.7. The lowest BCUT2D eigenvalue weighted by molar-refractivity contribution is 0.278. The summed E-state index contributed by atoms with van der Waals surface area (Å²) < 4.78 is 0. The largest absolute Gasteiger partial charge is 0.314 e. The van der Waals surface area contributed by atoms with Crippen LogP contribution in [-0.4, -0.2) is 43.3 Å². The van der Waals surface area contributed by atoms with E-state index in [1.807, 2.05) is 0 Å². The number of likely N-dealkylation sites (N-methyl/N-ethyl adjacent to an activating group) is 1. The fourth-order valence-corrected chi connectivity index (χ4v) is 7.28. The summed E-state index contributed by atoms with van der Waals surface area (Å²) in [5.41, 5.74) is 0. The molecule has 0 radical (unpaired) electrons. The number of rotatable bonds is 36. The zero-order valence-corrected chi connectivity index (χ0v) is 33.7. The number of nitrogens with one attached hydrogen (secondary N) is 2. The maximum absolute atomic E-state index is 4.02. The Labute approximate surface area is 308 Å². The molecule has 0 aromatic rings. The minimum atomic E-state index is 0.637. The molecule has 49 heavy (non-hydrogen) atoms. The summed E-state index contributed by atoms with van der Waals surface area (Å²) in [7, 11) is 2.27. The topological polar surface area (TPSA) is 27.3 Å². The Hall–Kier alpha value is -1.16. The van der Waals surface area contributed by atoms with Crippen LogP contribution in [0.1, 0.15) is 207 Å². The van der Waals surface area contributed by atoms with Crippen molar-refractivity contribution in [3.8, 4) is 0 Å². The van der Waals surface area contributed by atoms with Crippen LogP contribution in [0.25, 0.3) is 0 Å². The van der Waals surface area contributed by atoms with Crippen LogP contribution >= 0.6 is 0 Å². The highest BCUT2D eigenvalue weighted by Gasteiger charge is 2.26. The lowest BCUT2D eigenvalue weighted by Gasteiger charge is -2.22. The van der Waals surface area contributed by atoms with Gasteiger partial charge in [0.15, 0.2) is 0 Å². The molecule has 0 aliphatic carbocycles. The second-order valence-electron chi connectivity index (χ2n) is 15.4. The van der Waals surface area contributed by atoms with Gasteiger partial charge in [0.05, 0.1) is 0 Å². The lowest BCUT2D eigenvalue weighted by Crippen LogP contribution is -2.33. The smallest absolute Gasteiger partial charge is 0.0483 e. The van der Waals surface area contributed by atoms with Crippen molar-refractivity contribution in [1.29, 1.82) is 0 Å². The van der Waals surface area contributed by atoms with Gasteiger partial charge in [-0.25, -0.2) is 0 Å². The molecular weight excluding hydrogens is 595 g/mol. The van der Waals surface area contributed by atoms with E-state index >= 15 is 0 Å².